The van der Waals surface area contributed by atoms with Gasteiger partial charge >= 0.3 is 0 Å². The first-order valence-electron chi connectivity index (χ1n) is 5.96. The van der Waals surface area contributed by atoms with E-state index in [1.54, 1.807) is 6.07 Å². The molecule has 1 nitrogen and oxygen atoms in total. The highest BCUT2D eigenvalue weighted by Gasteiger charge is 2.04. The van der Waals surface area contributed by atoms with E-state index >= 15 is 0 Å². The van der Waals surface area contributed by atoms with Gasteiger partial charge in [0.1, 0.15) is 0 Å². The van der Waals surface area contributed by atoms with Crippen LogP contribution in [-0.2, 0) is 6.54 Å². The van der Waals surface area contributed by atoms with Crippen LogP contribution in [0.3, 0.4) is 0 Å². The van der Waals surface area contributed by atoms with Crippen LogP contribution in [-0.4, -0.2) is 6.54 Å². The van der Waals surface area contributed by atoms with E-state index in [1.165, 1.54) is 6.07 Å². The molecule has 1 N–H and O–H groups in total. The Morgan fingerprint density at radius 1 is 0.944 bits per heavy atom. The second-order valence-corrected chi connectivity index (χ2v) is 4.11. The summed E-state index contributed by atoms with van der Waals surface area (Å²) in [6.45, 7) is 3.71. The zero-order valence-corrected chi connectivity index (χ0v) is 10.2. The fraction of sp³-hybridized carbons (Fsp3) is 0.200. The summed E-state index contributed by atoms with van der Waals surface area (Å²) in [5.41, 5.74) is 2.70. The molecule has 2 aromatic rings. The molecular formula is C15H15F2N. The minimum Gasteiger partial charge on any atom is -0.313 e. The fourth-order valence-electron chi connectivity index (χ4n) is 1.81. The fourth-order valence-corrected chi connectivity index (χ4v) is 1.81. The highest BCUT2D eigenvalue weighted by molar-refractivity contribution is 5.64. The summed E-state index contributed by atoms with van der Waals surface area (Å²) >= 11 is 0. The maximum absolute atomic E-state index is 13.2. The van der Waals surface area contributed by atoms with E-state index in [9.17, 15) is 8.78 Å². The molecule has 0 unspecified atom stereocenters. The molecule has 3 heteroatoms. The van der Waals surface area contributed by atoms with Crippen LogP contribution in [0.4, 0.5) is 8.78 Å². The van der Waals surface area contributed by atoms with E-state index in [0.29, 0.717) is 5.56 Å². The topological polar surface area (TPSA) is 12.0 Å². The van der Waals surface area contributed by atoms with Gasteiger partial charge in [-0.3, -0.25) is 0 Å². The zero-order valence-electron chi connectivity index (χ0n) is 10.2. The molecule has 0 aromatic heterocycles. The van der Waals surface area contributed by atoms with Gasteiger partial charge in [0, 0.05) is 6.54 Å². The Morgan fingerprint density at radius 2 is 1.72 bits per heavy atom. The Balaban J connectivity index is 2.29. The predicted molar refractivity (Wildman–Crippen MR) is 69.2 cm³/mol. The lowest BCUT2D eigenvalue weighted by Crippen LogP contribution is -2.11. The minimum absolute atomic E-state index is 0.687. The number of benzene rings is 2. The lowest BCUT2D eigenvalue weighted by molar-refractivity contribution is 0.509. The Bertz CT molecular complexity index is 538. The van der Waals surface area contributed by atoms with Crippen molar-refractivity contribution in [2.75, 3.05) is 6.54 Å². The lowest BCUT2D eigenvalue weighted by atomic mass is 10.0. The second kappa shape index (κ2) is 5.74. The molecule has 0 saturated carbocycles. The molecule has 0 radical (unpaired) electrons. The summed E-state index contributed by atoms with van der Waals surface area (Å²) in [6, 6.07) is 11.8. The van der Waals surface area contributed by atoms with Crippen LogP contribution in [0.1, 0.15) is 12.5 Å². The lowest BCUT2D eigenvalue weighted by Gasteiger charge is -2.06. The summed E-state index contributed by atoms with van der Waals surface area (Å²) in [5, 5.41) is 3.23. The van der Waals surface area contributed by atoms with Crippen molar-refractivity contribution in [3.63, 3.8) is 0 Å². The van der Waals surface area contributed by atoms with Crippen molar-refractivity contribution in [3.8, 4) is 11.1 Å². The second-order valence-electron chi connectivity index (χ2n) is 4.11. The average Bonchev–Trinajstić information content (AvgIpc) is 2.40. The summed E-state index contributed by atoms with van der Waals surface area (Å²) < 4.78 is 26.1. The van der Waals surface area contributed by atoms with Gasteiger partial charge in [0.2, 0.25) is 0 Å². The number of halogens is 2. The van der Waals surface area contributed by atoms with E-state index < -0.39 is 11.6 Å². The van der Waals surface area contributed by atoms with Gasteiger partial charge < -0.3 is 5.32 Å². The van der Waals surface area contributed by atoms with Crippen molar-refractivity contribution in [3.05, 3.63) is 59.7 Å². The molecule has 0 saturated heterocycles. The summed E-state index contributed by atoms with van der Waals surface area (Å²) in [5.74, 6) is -1.63. The molecule has 0 spiro atoms. The van der Waals surface area contributed by atoms with Gasteiger partial charge in [0.05, 0.1) is 0 Å². The SMILES string of the molecule is CCNCc1cccc(-c2ccc(F)c(F)c2)c1. The highest BCUT2D eigenvalue weighted by atomic mass is 19.2. The van der Waals surface area contributed by atoms with Gasteiger partial charge in [-0.05, 0) is 41.4 Å². The smallest absolute Gasteiger partial charge is 0.159 e. The molecule has 0 aliphatic heterocycles. The van der Waals surface area contributed by atoms with Gasteiger partial charge in [0.15, 0.2) is 11.6 Å². The monoisotopic (exact) mass is 247 g/mol. The van der Waals surface area contributed by atoms with Gasteiger partial charge in [-0.15, -0.1) is 0 Å². The summed E-state index contributed by atoms with van der Waals surface area (Å²) in [4.78, 5) is 0. The van der Waals surface area contributed by atoms with Crippen LogP contribution in [0, 0.1) is 11.6 Å². The molecular weight excluding hydrogens is 232 g/mol. The van der Waals surface area contributed by atoms with Gasteiger partial charge in [-0.1, -0.05) is 31.2 Å². The first-order valence-corrected chi connectivity index (χ1v) is 5.96. The predicted octanol–water partition coefficient (Wildman–Crippen LogP) is 3.74. The minimum atomic E-state index is -0.817. The standard InChI is InChI=1S/C15H15F2N/c1-2-18-10-11-4-3-5-12(8-11)13-6-7-14(16)15(17)9-13/h3-9,18H,2,10H2,1H3. The first kappa shape index (κ1) is 12.7. The normalized spacial score (nSPS) is 10.6. The maximum Gasteiger partial charge on any atom is 0.159 e. The average molecular weight is 247 g/mol. The van der Waals surface area contributed by atoms with Crippen LogP contribution >= 0.6 is 0 Å². The van der Waals surface area contributed by atoms with Crippen LogP contribution in [0.15, 0.2) is 42.5 Å². The van der Waals surface area contributed by atoms with E-state index in [0.717, 1.165) is 30.3 Å². The molecule has 0 aliphatic rings. The summed E-state index contributed by atoms with van der Waals surface area (Å²) in [6.07, 6.45) is 0. The summed E-state index contributed by atoms with van der Waals surface area (Å²) in [7, 11) is 0. The van der Waals surface area contributed by atoms with Crippen molar-refractivity contribution in [2.45, 2.75) is 13.5 Å². The van der Waals surface area contributed by atoms with E-state index in [4.69, 9.17) is 0 Å². The van der Waals surface area contributed by atoms with Crippen molar-refractivity contribution < 1.29 is 8.78 Å². The highest BCUT2D eigenvalue weighted by Crippen LogP contribution is 2.22. The van der Waals surface area contributed by atoms with Crippen molar-refractivity contribution in [1.82, 2.24) is 5.32 Å². The molecule has 2 aromatic carbocycles. The van der Waals surface area contributed by atoms with Crippen LogP contribution in [0.5, 0.6) is 0 Å². The van der Waals surface area contributed by atoms with Crippen molar-refractivity contribution in [1.29, 1.82) is 0 Å². The quantitative estimate of drug-likeness (QED) is 0.867. The maximum atomic E-state index is 13.2. The molecule has 0 amide bonds. The Kier molecular flexibility index (Phi) is 4.05. The zero-order chi connectivity index (χ0) is 13.0. The van der Waals surface area contributed by atoms with Gasteiger partial charge in [-0.2, -0.15) is 0 Å². The molecule has 18 heavy (non-hydrogen) atoms. The molecule has 94 valence electrons. The van der Waals surface area contributed by atoms with Crippen molar-refractivity contribution in [2.24, 2.45) is 0 Å². The largest absolute Gasteiger partial charge is 0.313 e. The van der Waals surface area contributed by atoms with Crippen LogP contribution < -0.4 is 5.32 Å². The molecule has 0 bridgehead atoms. The van der Waals surface area contributed by atoms with E-state index in [1.807, 2.05) is 31.2 Å². The van der Waals surface area contributed by atoms with E-state index in [-0.39, 0.29) is 0 Å². The molecule has 0 fully saturated rings. The van der Waals surface area contributed by atoms with Crippen molar-refractivity contribution >= 4 is 0 Å². The number of hydrogen-bond donors (Lipinski definition) is 1. The number of nitrogens with one attached hydrogen (secondary N) is 1. The van der Waals surface area contributed by atoms with Gasteiger partial charge in [-0.25, -0.2) is 8.78 Å². The van der Waals surface area contributed by atoms with Crippen LogP contribution in [0.25, 0.3) is 11.1 Å². The third-order valence-electron chi connectivity index (χ3n) is 2.76. The van der Waals surface area contributed by atoms with Gasteiger partial charge in [0.25, 0.3) is 0 Å². The number of hydrogen-bond acceptors (Lipinski definition) is 1. The molecule has 0 atom stereocenters. The Morgan fingerprint density at radius 3 is 2.44 bits per heavy atom. The third kappa shape index (κ3) is 2.93. The molecule has 2 rings (SSSR count). The molecule has 0 aliphatic carbocycles. The number of rotatable bonds is 4. The first-order chi connectivity index (χ1) is 8.70. The Hall–Kier alpha value is -1.74. The van der Waals surface area contributed by atoms with Crippen LogP contribution in [0.2, 0.25) is 0 Å². The molecule has 0 heterocycles. The third-order valence-corrected chi connectivity index (χ3v) is 2.76. The van der Waals surface area contributed by atoms with E-state index in [2.05, 4.69) is 5.32 Å². The Labute approximate surface area is 105 Å².